The van der Waals surface area contributed by atoms with E-state index in [2.05, 4.69) is 39.6 Å². The highest BCUT2D eigenvalue weighted by Crippen LogP contribution is 2.26. The van der Waals surface area contributed by atoms with Gasteiger partial charge in [-0.15, -0.1) is 10.2 Å². The summed E-state index contributed by atoms with van der Waals surface area (Å²) in [4.78, 5) is 20.1. The number of ether oxygens (including phenoxy) is 1. The number of rotatable bonds is 12. The first-order valence-electron chi connectivity index (χ1n) is 13.5. The fourth-order valence-electron chi connectivity index (χ4n) is 5.37. The molecule has 4 rings (SSSR count). The lowest BCUT2D eigenvalue weighted by Crippen LogP contribution is -2.52. The Morgan fingerprint density at radius 2 is 1.95 bits per heavy atom. The number of piperidine rings is 1. The van der Waals surface area contributed by atoms with E-state index in [4.69, 9.17) is 9.72 Å². The number of carbonyl (C=O) groups excluding carboxylic acids is 1. The Kier molecular flexibility index (Phi) is 9.15. The molecule has 1 atom stereocenters. The molecule has 10 heteroatoms. The number of nitrogens with zero attached hydrogens (tertiary/aromatic N) is 5. The molecule has 0 spiro atoms. The van der Waals surface area contributed by atoms with Gasteiger partial charge in [-0.2, -0.15) is 0 Å². The molecule has 0 unspecified atom stereocenters. The topological polar surface area (TPSA) is 117 Å². The van der Waals surface area contributed by atoms with Gasteiger partial charge in [0.05, 0.1) is 24.2 Å². The normalized spacial score (nSPS) is 15.9. The van der Waals surface area contributed by atoms with Crippen LogP contribution in [0, 0.1) is 18.8 Å². The number of hydrogen-bond donors (Lipinski definition) is 3. The first kappa shape index (κ1) is 27.1. The molecule has 1 aromatic carbocycles. The van der Waals surface area contributed by atoms with Crippen molar-refractivity contribution in [3.05, 3.63) is 24.0 Å². The van der Waals surface area contributed by atoms with E-state index >= 15 is 0 Å². The largest absolute Gasteiger partial charge is 0.497 e. The Morgan fingerprint density at radius 3 is 2.65 bits per heavy atom. The standard InChI is InChI=1S/C27H41N7O3/c1-18(2)24(33-14-9-20(10-15-33)11-16-35)27(36)29-13-6-5-12-28-25-26-32-31-19(3)34(26)23-8-7-21(37-4)17-22(23)30-25/h7-8,17-18,20,24,35H,5-6,9-16H2,1-4H3,(H,28,30)(H,29,36)/t24-/m0/s1. The van der Waals surface area contributed by atoms with Crippen LogP contribution in [0.5, 0.6) is 5.75 Å². The quantitative estimate of drug-likeness (QED) is 0.318. The number of amides is 1. The summed E-state index contributed by atoms with van der Waals surface area (Å²) in [6.45, 7) is 9.62. The average Bonchev–Trinajstić information content (AvgIpc) is 3.28. The molecule has 0 radical (unpaired) electrons. The van der Waals surface area contributed by atoms with Gasteiger partial charge in [0.15, 0.2) is 5.82 Å². The summed E-state index contributed by atoms with van der Waals surface area (Å²) < 4.78 is 7.37. The lowest BCUT2D eigenvalue weighted by molar-refractivity contribution is -0.128. The molecule has 3 heterocycles. The van der Waals surface area contributed by atoms with Crippen molar-refractivity contribution in [1.29, 1.82) is 0 Å². The molecule has 1 amide bonds. The Labute approximate surface area is 218 Å². The minimum absolute atomic E-state index is 0.101. The number of benzene rings is 1. The van der Waals surface area contributed by atoms with Crippen LogP contribution in [0.3, 0.4) is 0 Å². The van der Waals surface area contributed by atoms with E-state index in [1.165, 1.54) is 0 Å². The summed E-state index contributed by atoms with van der Waals surface area (Å²) in [6, 6.07) is 5.69. The molecule has 37 heavy (non-hydrogen) atoms. The van der Waals surface area contributed by atoms with Crippen molar-refractivity contribution in [1.82, 2.24) is 29.8 Å². The molecule has 1 aliphatic rings. The molecule has 10 nitrogen and oxygen atoms in total. The summed E-state index contributed by atoms with van der Waals surface area (Å²) in [6.07, 6.45) is 4.72. The van der Waals surface area contributed by atoms with E-state index in [0.29, 0.717) is 30.5 Å². The molecule has 2 aromatic heterocycles. The molecular formula is C27H41N7O3. The summed E-state index contributed by atoms with van der Waals surface area (Å²) >= 11 is 0. The summed E-state index contributed by atoms with van der Waals surface area (Å²) in [5.41, 5.74) is 2.44. The number of fused-ring (bicyclic) bond motifs is 3. The van der Waals surface area contributed by atoms with Crippen LogP contribution in [0.4, 0.5) is 5.82 Å². The van der Waals surface area contributed by atoms with Gasteiger partial charge in [-0.1, -0.05) is 13.8 Å². The third kappa shape index (κ3) is 6.30. The number of aryl methyl sites for hydroxylation is 1. The first-order valence-corrected chi connectivity index (χ1v) is 13.5. The molecule has 0 aliphatic carbocycles. The number of likely N-dealkylation sites (tertiary alicyclic amines) is 1. The molecule has 0 saturated carbocycles. The summed E-state index contributed by atoms with van der Waals surface area (Å²) in [5, 5.41) is 24.4. The second kappa shape index (κ2) is 12.5. The van der Waals surface area contributed by atoms with Gasteiger partial charge in [-0.25, -0.2) is 4.98 Å². The zero-order valence-electron chi connectivity index (χ0n) is 22.5. The number of nitrogens with one attached hydrogen (secondary N) is 2. The number of aliphatic hydroxyl groups excluding tert-OH is 1. The van der Waals surface area contributed by atoms with Crippen LogP contribution in [0.25, 0.3) is 16.7 Å². The van der Waals surface area contributed by atoms with Gasteiger partial charge in [0.1, 0.15) is 11.6 Å². The predicted molar refractivity (Wildman–Crippen MR) is 145 cm³/mol. The van der Waals surface area contributed by atoms with Crippen LogP contribution in [-0.4, -0.2) is 81.4 Å². The fourth-order valence-corrected chi connectivity index (χ4v) is 5.37. The highest BCUT2D eigenvalue weighted by atomic mass is 16.5. The maximum Gasteiger partial charge on any atom is 0.237 e. The van der Waals surface area contributed by atoms with Gasteiger partial charge in [0.2, 0.25) is 11.6 Å². The van der Waals surface area contributed by atoms with Gasteiger partial charge < -0.3 is 20.5 Å². The van der Waals surface area contributed by atoms with Crippen LogP contribution in [-0.2, 0) is 4.79 Å². The van der Waals surface area contributed by atoms with Gasteiger partial charge in [-0.3, -0.25) is 14.1 Å². The highest BCUT2D eigenvalue weighted by Gasteiger charge is 2.31. The van der Waals surface area contributed by atoms with Gasteiger partial charge in [0, 0.05) is 25.8 Å². The molecule has 202 valence electrons. The van der Waals surface area contributed by atoms with Gasteiger partial charge >= 0.3 is 0 Å². The second-order valence-corrected chi connectivity index (χ2v) is 10.3. The first-order chi connectivity index (χ1) is 17.9. The van der Waals surface area contributed by atoms with E-state index in [0.717, 1.165) is 67.8 Å². The number of unbranched alkanes of at least 4 members (excludes halogenated alkanes) is 1. The number of carbonyl (C=O) groups is 1. The SMILES string of the molecule is COc1ccc2c(c1)nc(NCCCCNC(=O)[C@H](C(C)C)N1CCC(CCO)CC1)c1nnc(C)n12. The number of aromatic nitrogens is 4. The highest BCUT2D eigenvalue weighted by molar-refractivity contribution is 5.84. The predicted octanol–water partition coefficient (Wildman–Crippen LogP) is 3.02. The maximum atomic E-state index is 13.0. The van der Waals surface area contributed by atoms with Gasteiger partial charge in [0.25, 0.3) is 0 Å². The van der Waals surface area contributed by atoms with Crippen molar-refractivity contribution in [2.45, 2.75) is 58.9 Å². The van der Waals surface area contributed by atoms with Crippen LogP contribution >= 0.6 is 0 Å². The van der Waals surface area contributed by atoms with Crippen molar-refractivity contribution in [2.75, 3.05) is 45.2 Å². The van der Waals surface area contributed by atoms with Crippen molar-refractivity contribution < 1.29 is 14.6 Å². The smallest absolute Gasteiger partial charge is 0.237 e. The molecule has 0 bridgehead atoms. The Bertz CT molecular complexity index is 1190. The van der Waals surface area contributed by atoms with Crippen LogP contribution in [0.2, 0.25) is 0 Å². The monoisotopic (exact) mass is 511 g/mol. The molecule has 3 N–H and O–H groups in total. The zero-order valence-corrected chi connectivity index (χ0v) is 22.5. The third-order valence-electron chi connectivity index (χ3n) is 7.37. The zero-order chi connectivity index (χ0) is 26.4. The number of methoxy groups -OCH3 is 1. The van der Waals surface area contributed by atoms with E-state index < -0.39 is 0 Å². The molecule has 1 fully saturated rings. The van der Waals surface area contributed by atoms with E-state index in [1.807, 2.05) is 29.5 Å². The van der Waals surface area contributed by atoms with Crippen molar-refractivity contribution in [3.63, 3.8) is 0 Å². The van der Waals surface area contributed by atoms with Gasteiger partial charge in [-0.05, 0) is 76.1 Å². The van der Waals surface area contributed by atoms with Crippen molar-refractivity contribution in [2.24, 2.45) is 11.8 Å². The number of aliphatic hydroxyl groups is 1. The van der Waals surface area contributed by atoms with Crippen LogP contribution < -0.4 is 15.4 Å². The number of anilines is 1. The second-order valence-electron chi connectivity index (χ2n) is 10.3. The maximum absolute atomic E-state index is 13.0. The Balaban J connectivity index is 1.28. The minimum atomic E-state index is -0.101. The Morgan fingerprint density at radius 1 is 1.19 bits per heavy atom. The molecule has 1 aliphatic heterocycles. The number of hydrogen-bond acceptors (Lipinski definition) is 8. The summed E-state index contributed by atoms with van der Waals surface area (Å²) in [5.74, 6) is 3.19. The van der Waals surface area contributed by atoms with Crippen molar-refractivity contribution >= 4 is 28.4 Å². The average molecular weight is 512 g/mol. The fraction of sp³-hybridized carbons (Fsp3) is 0.630. The molecular weight excluding hydrogens is 470 g/mol. The van der Waals surface area contributed by atoms with Crippen molar-refractivity contribution in [3.8, 4) is 5.75 Å². The van der Waals surface area contributed by atoms with E-state index in [9.17, 15) is 9.90 Å². The van der Waals surface area contributed by atoms with E-state index in [1.54, 1.807) is 7.11 Å². The lowest BCUT2D eigenvalue weighted by atomic mass is 9.91. The summed E-state index contributed by atoms with van der Waals surface area (Å²) in [7, 11) is 1.64. The van der Waals surface area contributed by atoms with Crippen LogP contribution in [0.1, 0.15) is 51.8 Å². The molecule has 3 aromatic rings. The van der Waals surface area contributed by atoms with Crippen LogP contribution in [0.15, 0.2) is 18.2 Å². The third-order valence-corrected chi connectivity index (χ3v) is 7.37. The lowest BCUT2D eigenvalue weighted by Gasteiger charge is -2.38. The minimum Gasteiger partial charge on any atom is -0.497 e. The molecule has 1 saturated heterocycles. The van der Waals surface area contributed by atoms with E-state index in [-0.39, 0.29) is 24.5 Å². The Hall–Kier alpha value is -2.98.